The molecule has 2 aromatic heterocycles. The van der Waals surface area contributed by atoms with Gasteiger partial charge >= 0.3 is 0 Å². The van der Waals surface area contributed by atoms with Crippen molar-refractivity contribution in [2.24, 2.45) is 0 Å². The summed E-state index contributed by atoms with van der Waals surface area (Å²) in [5.74, 6) is 1.52. The average molecular weight is 420 g/mol. The summed E-state index contributed by atoms with van der Waals surface area (Å²) in [6, 6.07) is 17.7. The van der Waals surface area contributed by atoms with Crippen molar-refractivity contribution in [3.8, 4) is 5.69 Å². The molecule has 1 amide bonds. The van der Waals surface area contributed by atoms with E-state index in [1.54, 1.807) is 6.33 Å². The van der Waals surface area contributed by atoms with Crippen LogP contribution in [0.4, 0.5) is 0 Å². The van der Waals surface area contributed by atoms with Crippen LogP contribution in [0.1, 0.15) is 24.7 Å². The smallest absolute Gasteiger partial charge is 0.233 e. The minimum Gasteiger partial charge on any atom is -0.440 e. The SMILES string of the molecule is O=C(CSc1nncn1-c1ccccc1)N1CCC(c2nc3ccccc3o2)CC1. The van der Waals surface area contributed by atoms with Gasteiger partial charge in [0.25, 0.3) is 0 Å². The van der Waals surface area contributed by atoms with E-state index in [4.69, 9.17) is 4.42 Å². The molecule has 0 aliphatic carbocycles. The van der Waals surface area contributed by atoms with Crippen molar-refractivity contribution in [2.75, 3.05) is 18.8 Å². The Morgan fingerprint density at radius 3 is 2.63 bits per heavy atom. The lowest BCUT2D eigenvalue weighted by atomic mass is 9.97. The van der Waals surface area contributed by atoms with E-state index < -0.39 is 0 Å². The number of para-hydroxylation sites is 3. The Kier molecular flexibility index (Phi) is 5.23. The van der Waals surface area contributed by atoms with E-state index in [9.17, 15) is 4.79 Å². The number of carbonyl (C=O) groups excluding carboxylic acids is 1. The van der Waals surface area contributed by atoms with Crippen molar-refractivity contribution in [2.45, 2.75) is 23.9 Å². The Hall–Kier alpha value is -3.13. The zero-order valence-electron chi connectivity index (χ0n) is 16.3. The van der Waals surface area contributed by atoms with E-state index in [0.717, 1.165) is 40.7 Å². The second-order valence-electron chi connectivity index (χ2n) is 7.28. The first-order valence-electron chi connectivity index (χ1n) is 9.99. The van der Waals surface area contributed by atoms with Crippen molar-refractivity contribution < 1.29 is 9.21 Å². The molecule has 1 aliphatic rings. The molecule has 0 N–H and O–H groups in total. The lowest BCUT2D eigenvalue weighted by Crippen LogP contribution is -2.39. The maximum atomic E-state index is 12.7. The summed E-state index contributed by atoms with van der Waals surface area (Å²) in [5, 5.41) is 8.89. The van der Waals surface area contributed by atoms with Gasteiger partial charge in [0.1, 0.15) is 11.8 Å². The third kappa shape index (κ3) is 3.82. The lowest BCUT2D eigenvalue weighted by molar-refractivity contribution is -0.129. The number of rotatable bonds is 5. The fourth-order valence-corrected chi connectivity index (χ4v) is 4.58. The number of thioether (sulfide) groups is 1. The fourth-order valence-electron chi connectivity index (χ4n) is 3.75. The van der Waals surface area contributed by atoms with Crippen LogP contribution >= 0.6 is 11.8 Å². The third-order valence-electron chi connectivity index (χ3n) is 5.38. The van der Waals surface area contributed by atoms with E-state index in [-0.39, 0.29) is 11.8 Å². The molecule has 0 radical (unpaired) electrons. The van der Waals surface area contributed by atoms with Gasteiger partial charge in [-0.2, -0.15) is 0 Å². The summed E-state index contributed by atoms with van der Waals surface area (Å²) >= 11 is 1.42. The molecule has 3 heterocycles. The van der Waals surface area contributed by atoms with Crippen LogP contribution in [-0.2, 0) is 4.79 Å². The first-order chi connectivity index (χ1) is 14.8. The van der Waals surface area contributed by atoms with E-state index in [0.29, 0.717) is 18.8 Å². The largest absolute Gasteiger partial charge is 0.440 e. The van der Waals surface area contributed by atoms with Crippen LogP contribution < -0.4 is 0 Å². The summed E-state index contributed by atoms with van der Waals surface area (Å²) in [4.78, 5) is 19.3. The third-order valence-corrected chi connectivity index (χ3v) is 6.31. The van der Waals surface area contributed by atoms with Gasteiger partial charge in [-0.3, -0.25) is 9.36 Å². The van der Waals surface area contributed by atoms with Gasteiger partial charge in [-0.25, -0.2) is 4.98 Å². The summed E-state index contributed by atoms with van der Waals surface area (Å²) in [5.41, 5.74) is 2.70. The molecule has 0 unspecified atom stereocenters. The lowest BCUT2D eigenvalue weighted by Gasteiger charge is -2.30. The summed E-state index contributed by atoms with van der Waals surface area (Å²) in [6.45, 7) is 1.43. The second-order valence-corrected chi connectivity index (χ2v) is 8.23. The van der Waals surface area contributed by atoms with Crippen LogP contribution in [0.3, 0.4) is 0 Å². The Morgan fingerprint density at radius 2 is 1.83 bits per heavy atom. The van der Waals surface area contributed by atoms with Crippen LogP contribution in [0.25, 0.3) is 16.8 Å². The van der Waals surface area contributed by atoms with Crippen LogP contribution in [0, 0.1) is 0 Å². The number of nitrogens with zero attached hydrogens (tertiary/aromatic N) is 5. The molecule has 30 heavy (non-hydrogen) atoms. The highest BCUT2D eigenvalue weighted by atomic mass is 32.2. The highest BCUT2D eigenvalue weighted by Gasteiger charge is 2.27. The molecule has 1 saturated heterocycles. The molecule has 8 heteroatoms. The monoisotopic (exact) mass is 419 g/mol. The molecular formula is C22H21N5O2S. The highest BCUT2D eigenvalue weighted by molar-refractivity contribution is 7.99. The number of piperidine rings is 1. The molecule has 0 saturated carbocycles. The number of benzene rings is 2. The van der Waals surface area contributed by atoms with Gasteiger partial charge in [0.05, 0.1) is 5.75 Å². The van der Waals surface area contributed by atoms with E-state index in [1.165, 1.54) is 11.8 Å². The zero-order chi connectivity index (χ0) is 20.3. The number of oxazole rings is 1. The maximum Gasteiger partial charge on any atom is 0.233 e. The Morgan fingerprint density at radius 1 is 1.07 bits per heavy atom. The topological polar surface area (TPSA) is 77.1 Å². The molecular weight excluding hydrogens is 398 g/mol. The Balaban J connectivity index is 1.17. The number of carbonyl (C=O) groups is 1. The Bertz CT molecular complexity index is 1120. The molecule has 4 aromatic rings. The van der Waals surface area contributed by atoms with Crippen molar-refractivity contribution in [3.63, 3.8) is 0 Å². The first-order valence-corrected chi connectivity index (χ1v) is 11.0. The summed E-state index contributed by atoms with van der Waals surface area (Å²) in [6.07, 6.45) is 3.40. The number of hydrogen-bond donors (Lipinski definition) is 0. The van der Waals surface area contributed by atoms with E-state index in [1.807, 2.05) is 64.1 Å². The van der Waals surface area contributed by atoms with Crippen LogP contribution in [0.15, 0.2) is 70.5 Å². The van der Waals surface area contributed by atoms with Gasteiger partial charge in [-0.1, -0.05) is 42.1 Å². The summed E-state index contributed by atoms with van der Waals surface area (Å²) < 4.78 is 7.82. The first kappa shape index (κ1) is 18.9. The van der Waals surface area contributed by atoms with Crippen molar-refractivity contribution in [1.29, 1.82) is 0 Å². The predicted molar refractivity (Wildman–Crippen MR) is 115 cm³/mol. The van der Waals surface area contributed by atoms with Gasteiger partial charge < -0.3 is 9.32 Å². The molecule has 7 nitrogen and oxygen atoms in total. The van der Waals surface area contributed by atoms with Crippen molar-refractivity contribution in [3.05, 3.63) is 66.8 Å². The average Bonchev–Trinajstić information content (AvgIpc) is 3.45. The van der Waals surface area contributed by atoms with Gasteiger partial charge in [-0.15, -0.1) is 10.2 Å². The van der Waals surface area contributed by atoms with Gasteiger partial charge in [0, 0.05) is 24.7 Å². The number of aromatic nitrogens is 4. The van der Waals surface area contributed by atoms with E-state index in [2.05, 4.69) is 15.2 Å². The molecule has 2 aromatic carbocycles. The van der Waals surface area contributed by atoms with E-state index >= 15 is 0 Å². The second kappa shape index (κ2) is 8.31. The summed E-state index contributed by atoms with van der Waals surface area (Å²) in [7, 11) is 0. The highest BCUT2D eigenvalue weighted by Crippen LogP contribution is 2.30. The molecule has 0 spiro atoms. The number of amides is 1. The number of hydrogen-bond acceptors (Lipinski definition) is 6. The standard InChI is InChI=1S/C22H21N5O2S/c28-20(14-30-22-25-23-15-27(22)17-6-2-1-3-7-17)26-12-10-16(11-13-26)21-24-18-8-4-5-9-19(18)29-21/h1-9,15-16H,10-14H2. The molecule has 0 atom stereocenters. The fraction of sp³-hybridized carbons (Fsp3) is 0.273. The van der Waals surface area contributed by atoms with Crippen molar-refractivity contribution >= 4 is 28.8 Å². The van der Waals surface area contributed by atoms with Gasteiger partial charge in [-0.05, 0) is 37.1 Å². The minimum atomic E-state index is 0.124. The molecule has 1 aliphatic heterocycles. The molecule has 152 valence electrons. The zero-order valence-corrected chi connectivity index (χ0v) is 17.2. The normalized spacial score (nSPS) is 15.0. The van der Waals surface area contributed by atoms with Crippen LogP contribution in [0.2, 0.25) is 0 Å². The molecule has 0 bridgehead atoms. The van der Waals surface area contributed by atoms with Crippen LogP contribution in [0.5, 0.6) is 0 Å². The maximum absolute atomic E-state index is 12.7. The predicted octanol–water partition coefficient (Wildman–Crippen LogP) is 3.91. The van der Waals surface area contributed by atoms with Gasteiger partial charge in [0.2, 0.25) is 5.91 Å². The molecule has 1 fully saturated rings. The van der Waals surface area contributed by atoms with Crippen molar-refractivity contribution in [1.82, 2.24) is 24.6 Å². The quantitative estimate of drug-likeness (QED) is 0.457. The number of fused-ring (bicyclic) bond motifs is 1. The minimum absolute atomic E-state index is 0.124. The van der Waals surface area contributed by atoms with Gasteiger partial charge in [0.15, 0.2) is 16.6 Å². The van der Waals surface area contributed by atoms with Crippen LogP contribution in [-0.4, -0.2) is 49.4 Å². The molecule has 5 rings (SSSR count). The Labute approximate surface area is 178 Å². The number of likely N-dealkylation sites (tertiary alicyclic amines) is 1.